The molecule has 25 heavy (non-hydrogen) atoms. The van der Waals surface area contributed by atoms with Gasteiger partial charge in [-0.3, -0.25) is 0 Å². The van der Waals surface area contributed by atoms with E-state index in [1.165, 1.54) is 0 Å². The third-order valence-electron chi connectivity index (χ3n) is 4.25. The molecule has 3 aromatic carbocycles. The van der Waals surface area contributed by atoms with Gasteiger partial charge in [0.05, 0.1) is 0 Å². The molecule has 0 unspecified atom stereocenters. The normalized spacial score (nSPS) is 15.2. The first-order chi connectivity index (χ1) is 12.0. The van der Waals surface area contributed by atoms with Crippen LogP contribution in [-0.4, -0.2) is 8.42 Å². The molecule has 4 nitrogen and oxygen atoms in total. The third kappa shape index (κ3) is 3.16. The van der Waals surface area contributed by atoms with Crippen LogP contribution in [0.1, 0.15) is 11.1 Å². The number of hydrogen-bond acceptors (Lipinski definition) is 3. The van der Waals surface area contributed by atoms with Crippen LogP contribution in [0.5, 0.6) is 5.75 Å². The quantitative estimate of drug-likeness (QED) is 0.758. The van der Waals surface area contributed by atoms with E-state index in [0.717, 1.165) is 33.4 Å². The summed E-state index contributed by atoms with van der Waals surface area (Å²) in [5.41, 5.74) is 5.88. The van der Waals surface area contributed by atoms with E-state index in [1.54, 1.807) is 0 Å². The molecule has 1 aliphatic heterocycles. The summed E-state index contributed by atoms with van der Waals surface area (Å²) in [7, 11) is -3.74. The van der Waals surface area contributed by atoms with E-state index in [-0.39, 0.29) is 6.54 Å². The summed E-state index contributed by atoms with van der Waals surface area (Å²) in [4.78, 5) is 0. The van der Waals surface area contributed by atoms with Gasteiger partial charge in [-0.15, -0.1) is 0 Å². The average molecular weight is 351 g/mol. The number of aryl methyl sites for hydroxylation is 1. The fourth-order valence-corrected chi connectivity index (χ4v) is 3.88. The van der Waals surface area contributed by atoms with Crippen LogP contribution in [0.2, 0.25) is 0 Å². The maximum absolute atomic E-state index is 11.8. The van der Waals surface area contributed by atoms with Crippen molar-refractivity contribution in [3.8, 4) is 28.0 Å². The fourth-order valence-electron chi connectivity index (χ4n) is 3.07. The standard InChI is InChI=1S/C20H17NO3S/c1-14-11-18-13-21-25(22,23)24-20(18)19(12-14)17-9-7-16(8-10-17)15-5-3-2-4-6-15/h2-12,21H,13H2,1H3. The number of benzene rings is 3. The van der Waals surface area contributed by atoms with E-state index in [4.69, 9.17) is 4.18 Å². The zero-order valence-corrected chi connectivity index (χ0v) is 14.5. The van der Waals surface area contributed by atoms with Crippen LogP contribution in [0.15, 0.2) is 66.7 Å². The number of hydrogen-bond donors (Lipinski definition) is 1. The molecule has 126 valence electrons. The highest BCUT2D eigenvalue weighted by Gasteiger charge is 2.25. The second-order valence-corrected chi connectivity index (χ2v) is 7.47. The summed E-state index contributed by atoms with van der Waals surface area (Å²) in [6, 6.07) is 22.1. The Balaban J connectivity index is 1.79. The average Bonchev–Trinajstić information content (AvgIpc) is 2.62. The molecule has 1 aliphatic rings. The second-order valence-electron chi connectivity index (χ2n) is 6.10. The van der Waals surface area contributed by atoms with Gasteiger partial charge in [-0.25, -0.2) is 0 Å². The molecule has 0 radical (unpaired) electrons. The lowest BCUT2D eigenvalue weighted by molar-refractivity contribution is 0.454. The highest BCUT2D eigenvalue weighted by molar-refractivity contribution is 7.85. The van der Waals surface area contributed by atoms with Crippen molar-refractivity contribution in [3.05, 3.63) is 77.9 Å². The van der Waals surface area contributed by atoms with Crippen molar-refractivity contribution in [3.63, 3.8) is 0 Å². The van der Waals surface area contributed by atoms with Crippen molar-refractivity contribution >= 4 is 10.3 Å². The van der Waals surface area contributed by atoms with E-state index >= 15 is 0 Å². The van der Waals surface area contributed by atoms with Gasteiger partial charge in [-0.1, -0.05) is 60.7 Å². The predicted molar refractivity (Wildman–Crippen MR) is 98.4 cm³/mol. The first kappa shape index (κ1) is 15.9. The molecule has 0 amide bonds. The van der Waals surface area contributed by atoms with Crippen LogP contribution in [-0.2, 0) is 16.8 Å². The van der Waals surface area contributed by atoms with Gasteiger partial charge in [0.2, 0.25) is 0 Å². The van der Waals surface area contributed by atoms with Crippen molar-refractivity contribution < 1.29 is 12.6 Å². The van der Waals surface area contributed by atoms with Gasteiger partial charge >= 0.3 is 10.3 Å². The molecule has 1 heterocycles. The van der Waals surface area contributed by atoms with E-state index in [2.05, 4.69) is 16.9 Å². The third-order valence-corrected chi connectivity index (χ3v) is 5.13. The highest BCUT2D eigenvalue weighted by Crippen LogP contribution is 2.38. The highest BCUT2D eigenvalue weighted by atomic mass is 32.2. The molecule has 0 fully saturated rings. The minimum atomic E-state index is -3.74. The van der Waals surface area contributed by atoms with Crippen molar-refractivity contribution in [2.24, 2.45) is 0 Å². The molecule has 4 rings (SSSR count). The SMILES string of the molecule is Cc1cc2c(c(-c3ccc(-c4ccccc4)cc3)c1)OS(=O)(=O)NC2. The Bertz CT molecular complexity index is 1030. The number of rotatable bonds is 2. The Kier molecular flexibility index (Phi) is 3.82. The van der Waals surface area contributed by atoms with Gasteiger partial charge in [0.25, 0.3) is 0 Å². The van der Waals surface area contributed by atoms with E-state index in [9.17, 15) is 8.42 Å². The zero-order chi connectivity index (χ0) is 17.4. The van der Waals surface area contributed by atoms with Crippen molar-refractivity contribution in [2.45, 2.75) is 13.5 Å². The van der Waals surface area contributed by atoms with Gasteiger partial charge in [0.1, 0.15) is 0 Å². The van der Waals surface area contributed by atoms with Crippen molar-refractivity contribution in [1.82, 2.24) is 4.72 Å². The Morgan fingerprint density at radius 1 is 0.880 bits per heavy atom. The van der Waals surface area contributed by atoms with Crippen molar-refractivity contribution in [2.75, 3.05) is 0 Å². The van der Waals surface area contributed by atoms with E-state index in [1.807, 2.05) is 61.5 Å². The summed E-state index contributed by atoms with van der Waals surface area (Å²) in [6.45, 7) is 2.24. The zero-order valence-electron chi connectivity index (χ0n) is 13.7. The van der Waals surface area contributed by atoms with Crippen LogP contribution < -0.4 is 8.91 Å². The topological polar surface area (TPSA) is 55.4 Å². The Morgan fingerprint density at radius 2 is 1.52 bits per heavy atom. The van der Waals surface area contributed by atoms with Crippen molar-refractivity contribution in [1.29, 1.82) is 0 Å². The van der Waals surface area contributed by atoms with Gasteiger partial charge < -0.3 is 4.18 Å². The summed E-state index contributed by atoms with van der Waals surface area (Å²) in [5, 5.41) is 0. The molecule has 3 aromatic rings. The van der Waals surface area contributed by atoms with Gasteiger partial charge in [0, 0.05) is 17.7 Å². The minimum Gasteiger partial charge on any atom is -0.370 e. The maximum Gasteiger partial charge on any atom is 0.382 e. The van der Waals surface area contributed by atoms with Crippen LogP contribution in [0.4, 0.5) is 0 Å². The Morgan fingerprint density at radius 3 is 2.24 bits per heavy atom. The summed E-state index contributed by atoms with van der Waals surface area (Å²) in [6.07, 6.45) is 0. The molecular formula is C20H17NO3S. The first-order valence-electron chi connectivity index (χ1n) is 8.00. The predicted octanol–water partition coefficient (Wildman–Crippen LogP) is 4.06. The molecule has 0 aliphatic carbocycles. The van der Waals surface area contributed by atoms with Gasteiger partial charge in [0.15, 0.2) is 5.75 Å². The molecule has 0 spiro atoms. The summed E-state index contributed by atoms with van der Waals surface area (Å²) in [5.74, 6) is 0.414. The minimum absolute atomic E-state index is 0.244. The molecule has 5 heteroatoms. The Labute approximate surface area is 147 Å². The van der Waals surface area contributed by atoms with Crippen LogP contribution in [0.3, 0.4) is 0 Å². The fraction of sp³-hybridized carbons (Fsp3) is 0.100. The smallest absolute Gasteiger partial charge is 0.370 e. The van der Waals surface area contributed by atoms with Crippen LogP contribution >= 0.6 is 0 Å². The molecule has 0 saturated heterocycles. The second kappa shape index (κ2) is 6.02. The molecular weight excluding hydrogens is 334 g/mol. The molecule has 0 bridgehead atoms. The van der Waals surface area contributed by atoms with Gasteiger partial charge in [-0.05, 0) is 35.2 Å². The lowest BCUT2D eigenvalue weighted by Crippen LogP contribution is -2.32. The lowest BCUT2D eigenvalue weighted by atomic mass is 9.96. The van der Waals surface area contributed by atoms with E-state index < -0.39 is 10.3 Å². The lowest BCUT2D eigenvalue weighted by Gasteiger charge is -2.21. The molecule has 0 saturated carbocycles. The maximum atomic E-state index is 11.8. The first-order valence-corrected chi connectivity index (χ1v) is 9.41. The largest absolute Gasteiger partial charge is 0.382 e. The molecule has 0 atom stereocenters. The number of nitrogens with one attached hydrogen (secondary N) is 1. The van der Waals surface area contributed by atoms with Crippen LogP contribution in [0, 0.1) is 6.92 Å². The summed E-state index contributed by atoms with van der Waals surface area (Å²) < 4.78 is 31.2. The molecule has 0 aromatic heterocycles. The summed E-state index contributed by atoms with van der Waals surface area (Å²) >= 11 is 0. The Hall–Kier alpha value is -2.63. The number of fused-ring (bicyclic) bond motifs is 1. The molecule has 1 N–H and O–H groups in total. The monoisotopic (exact) mass is 351 g/mol. The van der Waals surface area contributed by atoms with E-state index in [0.29, 0.717) is 5.75 Å². The van der Waals surface area contributed by atoms with Gasteiger partial charge in [-0.2, -0.15) is 13.1 Å². The van der Waals surface area contributed by atoms with Crippen LogP contribution in [0.25, 0.3) is 22.3 Å².